The lowest BCUT2D eigenvalue weighted by molar-refractivity contribution is 0.590. The van der Waals surface area contributed by atoms with E-state index in [1.54, 1.807) is 6.20 Å². The SMILES string of the molecule is C=CNc1cccc(C(C)(C)C)c1. The van der Waals surface area contributed by atoms with Gasteiger partial charge in [0.1, 0.15) is 0 Å². The zero-order valence-corrected chi connectivity index (χ0v) is 8.59. The maximum Gasteiger partial charge on any atom is 0.0382 e. The van der Waals surface area contributed by atoms with Crippen molar-refractivity contribution in [3.05, 3.63) is 42.6 Å². The van der Waals surface area contributed by atoms with E-state index in [2.05, 4.69) is 50.9 Å². The lowest BCUT2D eigenvalue weighted by atomic mass is 9.87. The molecule has 0 unspecified atom stereocenters. The molecule has 0 radical (unpaired) electrons. The minimum Gasteiger partial charge on any atom is -0.362 e. The van der Waals surface area contributed by atoms with Gasteiger partial charge in [0.25, 0.3) is 0 Å². The molecule has 0 fully saturated rings. The summed E-state index contributed by atoms with van der Waals surface area (Å²) in [7, 11) is 0. The quantitative estimate of drug-likeness (QED) is 0.725. The molecule has 0 saturated carbocycles. The molecule has 0 aliphatic carbocycles. The molecule has 1 nitrogen and oxygen atoms in total. The van der Waals surface area contributed by atoms with Gasteiger partial charge in [-0.3, -0.25) is 0 Å². The molecule has 0 amide bonds. The van der Waals surface area contributed by atoms with Crippen LogP contribution in [-0.2, 0) is 5.41 Å². The molecule has 1 aromatic carbocycles. The summed E-state index contributed by atoms with van der Waals surface area (Å²) >= 11 is 0. The Bertz CT molecular complexity index is 294. The Balaban J connectivity index is 2.98. The lowest BCUT2D eigenvalue weighted by Crippen LogP contribution is -2.10. The summed E-state index contributed by atoms with van der Waals surface area (Å²) in [4.78, 5) is 0. The molecule has 1 aromatic rings. The maximum atomic E-state index is 3.64. The van der Waals surface area contributed by atoms with Gasteiger partial charge in [0.15, 0.2) is 0 Å². The summed E-state index contributed by atoms with van der Waals surface area (Å²) in [6.45, 7) is 10.3. The molecular weight excluding hydrogens is 158 g/mol. The fraction of sp³-hybridized carbons (Fsp3) is 0.333. The summed E-state index contributed by atoms with van der Waals surface area (Å²) in [6.07, 6.45) is 1.70. The third-order valence-corrected chi connectivity index (χ3v) is 2.00. The fourth-order valence-electron chi connectivity index (χ4n) is 1.19. The van der Waals surface area contributed by atoms with Crippen molar-refractivity contribution in [2.75, 3.05) is 5.32 Å². The van der Waals surface area contributed by atoms with Gasteiger partial charge in [-0.15, -0.1) is 0 Å². The molecule has 0 atom stereocenters. The molecule has 1 N–H and O–H groups in total. The molecule has 0 aliphatic heterocycles. The summed E-state index contributed by atoms with van der Waals surface area (Å²) in [5, 5.41) is 3.08. The van der Waals surface area contributed by atoms with E-state index in [4.69, 9.17) is 0 Å². The number of hydrogen-bond donors (Lipinski definition) is 1. The molecule has 0 bridgehead atoms. The summed E-state index contributed by atoms with van der Waals surface area (Å²) in [5.74, 6) is 0. The van der Waals surface area contributed by atoms with Crippen molar-refractivity contribution in [1.82, 2.24) is 0 Å². The van der Waals surface area contributed by atoms with Crippen LogP contribution in [0.1, 0.15) is 26.3 Å². The molecule has 13 heavy (non-hydrogen) atoms. The van der Waals surface area contributed by atoms with Crippen LogP contribution < -0.4 is 5.32 Å². The summed E-state index contributed by atoms with van der Waals surface area (Å²) < 4.78 is 0. The van der Waals surface area contributed by atoms with Crippen molar-refractivity contribution in [1.29, 1.82) is 0 Å². The Labute approximate surface area is 80.5 Å². The number of anilines is 1. The molecule has 1 rings (SSSR count). The lowest BCUT2D eigenvalue weighted by Gasteiger charge is -2.19. The minimum atomic E-state index is 0.207. The predicted octanol–water partition coefficient (Wildman–Crippen LogP) is 3.54. The van der Waals surface area contributed by atoms with Crippen molar-refractivity contribution >= 4 is 5.69 Å². The zero-order chi connectivity index (χ0) is 9.90. The Hall–Kier alpha value is -1.24. The van der Waals surface area contributed by atoms with Crippen molar-refractivity contribution < 1.29 is 0 Å². The first-order valence-corrected chi connectivity index (χ1v) is 4.52. The highest BCUT2D eigenvalue weighted by atomic mass is 14.8. The van der Waals surface area contributed by atoms with Gasteiger partial charge in [-0.2, -0.15) is 0 Å². The van der Waals surface area contributed by atoms with Gasteiger partial charge >= 0.3 is 0 Å². The molecular formula is C12H17N. The number of hydrogen-bond acceptors (Lipinski definition) is 1. The zero-order valence-electron chi connectivity index (χ0n) is 8.59. The van der Waals surface area contributed by atoms with Gasteiger partial charge in [0.2, 0.25) is 0 Å². The normalized spacial score (nSPS) is 11.0. The highest BCUT2D eigenvalue weighted by Crippen LogP contribution is 2.24. The van der Waals surface area contributed by atoms with E-state index in [0.717, 1.165) is 5.69 Å². The van der Waals surface area contributed by atoms with Crippen molar-refractivity contribution in [3.63, 3.8) is 0 Å². The van der Waals surface area contributed by atoms with Gasteiger partial charge in [-0.1, -0.05) is 39.5 Å². The van der Waals surface area contributed by atoms with Crippen molar-refractivity contribution in [3.8, 4) is 0 Å². The molecule has 0 spiro atoms. The van der Waals surface area contributed by atoms with E-state index in [1.807, 2.05) is 6.07 Å². The first-order chi connectivity index (χ1) is 6.04. The Morgan fingerprint density at radius 3 is 2.54 bits per heavy atom. The first kappa shape index (κ1) is 9.85. The van der Waals surface area contributed by atoms with Crippen LogP contribution in [0.5, 0.6) is 0 Å². The van der Waals surface area contributed by atoms with Crippen LogP contribution in [0.4, 0.5) is 5.69 Å². The van der Waals surface area contributed by atoms with Crippen LogP contribution >= 0.6 is 0 Å². The van der Waals surface area contributed by atoms with Gasteiger partial charge in [-0.05, 0) is 29.3 Å². The smallest absolute Gasteiger partial charge is 0.0382 e. The van der Waals surface area contributed by atoms with Crippen LogP contribution in [0.2, 0.25) is 0 Å². The molecule has 0 saturated heterocycles. The highest BCUT2D eigenvalue weighted by Gasteiger charge is 2.12. The van der Waals surface area contributed by atoms with Gasteiger partial charge in [0, 0.05) is 5.69 Å². The summed E-state index contributed by atoms with van der Waals surface area (Å²) in [6, 6.07) is 8.40. The average molecular weight is 175 g/mol. The molecule has 1 heteroatoms. The standard InChI is InChI=1S/C12H17N/c1-5-13-11-8-6-7-10(9-11)12(2,3)4/h5-9,13H,1H2,2-4H3. The van der Waals surface area contributed by atoms with E-state index in [1.165, 1.54) is 5.56 Å². The average Bonchev–Trinajstić information content (AvgIpc) is 2.04. The predicted molar refractivity (Wildman–Crippen MR) is 59.0 cm³/mol. The molecule has 0 aromatic heterocycles. The van der Waals surface area contributed by atoms with Crippen LogP contribution in [0, 0.1) is 0 Å². The Morgan fingerprint density at radius 2 is 2.00 bits per heavy atom. The number of rotatable bonds is 2. The number of nitrogens with one attached hydrogen (secondary N) is 1. The van der Waals surface area contributed by atoms with Crippen LogP contribution in [0.25, 0.3) is 0 Å². The van der Waals surface area contributed by atoms with Gasteiger partial charge in [-0.25, -0.2) is 0 Å². The Morgan fingerprint density at radius 1 is 1.31 bits per heavy atom. The van der Waals surface area contributed by atoms with Crippen LogP contribution in [0.15, 0.2) is 37.0 Å². The van der Waals surface area contributed by atoms with Gasteiger partial charge < -0.3 is 5.32 Å². The van der Waals surface area contributed by atoms with E-state index >= 15 is 0 Å². The third kappa shape index (κ3) is 2.62. The molecule has 0 aliphatic rings. The van der Waals surface area contributed by atoms with Crippen LogP contribution in [0.3, 0.4) is 0 Å². The number of benzene rings is 1. The summed E-state index contributed by atoms with van der Waals surface area (Å²) in [5.41, 5.74) is 2.64. The molecule has 0 heterocycles. The van der Waals surface area contributed by atoms with E-state index in [-0.39, 0.29) is 5.41 Å². The van der Waals surface area contributed by atoms with Gasteiger partial charge in [0.05, 0.1) is 0 Å². The topological polar surface area (TPSA) is 12.0 Å². The largest absolute Gasteiger partial charge is 0.362 e. The third-order valence-electron chi connectivity index (χ3n) is 2.00. The maximum absolute atomic E-state index is 3.64. The Kier molecular flexibility index (Phi) is 2.76. The fourth-order valence-corrected chi connectivity index (χ4v) is 1.19. The monoisotopic (exact) mass is 175 g/mol. The van der Waals surface area contributed by atoms with E-state index in [0.29, 0.717) is 0 Å². The van der Waals surface area contributed by atoms with Crippen molar-refractivity contribution in [2.45, 2.75) is 26.2 Å². The first-order valence-electron chi connectivity index (χ1n) is 4.52. The van der Waals surface area contributed by atoms with Crippen LogP contribution in [-0.4, -0.2) is 0 Å². The minimum absolute atomic E-state index is 0.207. The van der Waals surface area contributed by atoms with E-state index in [9.17, 15) is 0 Å². The second-order valence-electron chi connectivity index (χ2n) is 4.18. The second kappa shape index (κ2) is 3.65. The highest BCUT2D eigenvalue weighted by molar-refractivity contribution is 5.48. The van der Waals surface area contributed by atoms with Crippen molar-refractivity contribution in [2.24, 2.45) is 0 Å². The van der Waals surface area contributed by atoms with E-state index < -0.39 is 0 Å². The molecule has 70 valence electrons. The second-order valence-corrected chi connectivity index (χ2v) is 4.18.